The summed E-state index contributed by atoms with van der Waals surface area (Å²) < 4.78 is 5.93. The molecule has 0 spiro atoms. The van der Waals surface area contributed by atoms with Crippen molar-refractivity contribution in [2.24, 2.45) is 0 Å². The number of hydrogen-bond acceptors (Lipinski definition) is 8. The van der Waals surface area contributed by atoms with E-state index in [4.69, 9.17) is 14.7 Å². The van der Waals surface area contributed by atoms with E-state index in [9.17, 15) is 0 Å². The Bertz CT molecular complexity index is 998. The van der Waals surface area contributed by atoms with E-state index in [0.29, 0.717) is 12.5 Å². The van der Waals surface area contributed by atoms with Crippen LogP contribution in [0.4, 0.5) is 17.6 Å². The minimum atomic E-state index is 0.146. The number of hydrogen-bond donors (Lipinski definition) is 0. The van der Waals surface area contributed by atoms with E-state index >= 15 is 0 Å². The Morgan fingerprint density at radius 2 is 1.57 bits per heavy atom. The van der Waals surface area contributed by atoms with Crippen molar-refractivity contribution in [3.63, 3.8) is 0 Å². The largest absolute Gasteiger partial charge is 0.372 e. The number of ether oxygens (including phenoxy) is 1. The molecule has 2 aromatic heterocycles. The lowest BCUT2D eigenvalue weighted by Gasteiger charge is -2.37. The molecule has 0 radical (unpaired) electrons. The predicted octanol–water partition coefficient (Wildman–Crippen LogP) is 2.74. The van der Waals surface area contributed by atoms with Crippen LogP contribution in [0, 0.1) is 0 Å². The number of para-hydroxylation sites is 2. The highest BCUT2D eigenvalue weighted by Crippen LogP contribution is 2.30. The molecule has 8 heteroatoms. The molecule has 30 heavy (non-hydrogen) atoms. The lowest BCUT2D eigenvalue weighted by molar-refractivity contribution is -0.00542. The number of rotatable bonds is 5. The zero-order chi connectivity index (χ0) is 21.3. The Hall–Kier alpha value is -3.00. The van der Waals surface area contributed by atoms with Gasteiger partial charge in [-0.3, -0.25) is 0 Å². The van der Waals surface area contributed by atoms with Crippen LogP contribution in [-0.2, 0) is 11.3 Å². The van der Waals surface area contributed by atoms with E-state index in [1.54, 1.807) is 0 Å². The topological polar surface area (TPSA) is 70.5 Å². The fourth-order valence-corrected chi connectivity index (χ4v) is 3.81. The second-order valence-electron chi connectivity index (χ2n) is 8.16. The molecular formula is C22H29N7O. The third-order valence-electron chi connectivity index (χ3n) is 5.13. The molecule has 0 bridgehead atoms. The second-order valence-corrected chi connectivity index (χ2v) is 8.16. The first-order chi connectivity index (χ1) is 14.4. The normalized spacial score (nSPS) is 19.2. The molecule has 158 valence electrons. The van der Waals surface area contributed by atoms with Gasteiger partial charge in [0.05, 0.1) is 23.2 Å². The van der Waals surface area contributed by atoms with E-state index in [2.05, 4.69) is 33.6 Å². The Morgan fingerprint density at radius 1 is 0.967 bits per heavy atom. The summed E-state index contributed by atoms with van der Waals surface area (Å²) >= 11 is 0. The summed E-state index contributed by atoms with van der Waals surface area (Å²) in [4.78, 5) is 25.1. The van der Waals surface area contributed by atoms with Crippen molar-refractivity contribution in [3.05, 3.63) is 42.2 Å². The molecule has 0 amide bonds. The van der Waals surface area contributed by atoms with Gasteiger partial charge in [0.2, 0.25) is 5.95 Å². The van der Waals surface area contributed by atoms with Gasteiger partial charge in [0.15, 0.2) is 11.6 Å². The molecule has 4 rings (SSSR count). The van der Waals surface area contributed by atoms with Crippen molar-refractivity contribution in [1.82, 2.24) is 19.9 Å². The molecule has 2 unspecified atom stereocenters. The predicted molar refractivity (Wildman–Crippen MR) is 120 cm³/mol. The summed E-state index contributed by atoms with van der Waals surface area (Å²) in [6.07, 6.45) is 4.02. The van der Waals surface area contributed by atoms with Gasteiger partial charge in [-0.05, 0) is 26.0 Å². The van der Waals surface area contributed by atoms with Gasteiger partial charge >= 0.3 is 0 Å². The van der Waals surface area contributed by atoms with Crippen LogP contribution in [0.2, 0.25) is 0 Å². The summed E-state index contributed by atoms with van der Waals surface area (Å²) in [6, 6.07) is 8.01. The van der Waals surface area contributed by atoms with Gasteiger partial charge in [-0.25, -0.2) is 19.9 Å². The average Bonchev–Trinajstić information content (AvgIpc) is 2.72. The number of anilines is 3. The Kier molecular flexibility index (Phi) is 5.67. The van der Waals surface area contributed by atoms with E-state index in [1.807, 2.05) is 62.7 Å². The van der Waals surface area contributed by atoms with Crippen LogP contribution in [0.1, 0.15) is 19.4 Å². The van der Waals surface area contributed by atoms with E-state index in [-0.39, 0.29) is 12.2 Å². The molecular weight excluding hydrogens is 378 g/mol. The molecule has 3 aromatic rings. The van der Waals surface area contributed by atoms with Gasteiger partial charge < -0.3 is 19.4 Å². The molecule has 0 aliphatic carbocycles. The molecule has 1 aromatic carbocycles. The zero-order valence-electron chi connectivity index (χ0n) is 18.3. The van der Waals surface area contributed by atoms with Crippen LogP contribution in [-0.4, -0.2) is 66.4 Å². The molecule has 2 atom stereocenters. The smallest absolute Gasteiger partial charge is 0.224 e. The fourth-order valence-electron chi connectivity index (χ4n) is 3.81. The SMILES string of the molecule is CC1CN(c2nc3ccccc3nc2N(C)Cc2cnc(N(C)C)nc2)CC(C)O1. The zero-order valence-corrected chi connectivity index (χ0v) is 18.3. The lowest BCUT2D eigenvalue weighted by atomic mass is 10.2. The Labute approximate surface area is 177 Å². The monoisotopic (exact) mass is 407 g/mol. The van der Waals surface area contributed by atoms with Crippen LogP contribution >= 0.6 is 0 Å². The summed E-state index contributed by atoms with van der Waals surface area (Å²) in [5.41, 5.74) is 2.81. The van der Waals surface area contributed by atoms with Gasteiger partial charge in [-0.1, -0.05) is 12.1 Å². The van der Waals surface area contributed by atoms with Gasteiger partial charge in [-0.15, -0.1) is 0 Å². The van der Waals surface area contributed by atoms with E-state index in [1.165, 1.54) is 0 Å². The average molecular weight is 408 g/mol. The minimum Gasteiger partial charge on any atom is -0.372 e. The number of fused-ring (bicyclic) bond motifs is 1. The molecule has 1 fully saturated rings. The highest BCUT2D eigenvalue weighted by molar-refractivity contribution is 5.81. The maximum atomic E-state index is 5.93. The molecule has 3 heterocycles. The molecule has 0 saturated carbocycles. The van der Waals surface area contributed by atoms with Crippen molar-refractivity contribution >= 4 is 28.6 Å². The van der Waals surface area contributed by atoms with Crippen LogP contribution in [0.3, 0.4) is 0 Å². The van der Waals surface area contributed by atoms with Crippen molar-refractivity contribution in [1.29, 1.82) is 0 Å². The van der Waals surface area contributed by atoms with Gasteiger partial charge in [0.1, 0.15) is 0 Å². The third-order valence-corrected chi connectivity index (χ3v) is 5.13. The van der Waals surface area contributed by atoms with Crippen molar-refractivity contribution in [3.8, 4) is 0 Å². The number of morpholine rings is 1. The van der Waals surface area contributed by atoms with Crippen molar-refractivity contribution in [2.75, 3.05) is 48.9 Å². The van der Waals surface area contributed by atoms with Crippen LogP contribution in [0.5, 0.6) is 0 Å². The standard InChI is InChI=1S/C22H29N7O/c1-15-12-29(13-16(2)30-15)21-20(25-18-8-6-7-9-19(18)26-21)28(5)14-17-10-23-22(24-11-17)27(3)4/h6-11,15-16H,12-14H2,1-5H3. The summed E-state index contributed by atoms with van der Waals surface area (Å²) in [7, 11) is 5.90. The number of nitrogens with zero attached hydrogens (tertiary/aromatic N) is 7. The van der Waals surface area contributed by atoms with Crippen molar-refractivity contribution < 1.29 is 4.74 Å². The summed E-state index contributed by atoms with van der Waals surface area (Å²) in [5, 5.41) is 0. The van der Waals surface area contributed by atoms with Gasteiger partial charge in [0, 0.05) is 58.7 Å². The minimum absolute atomic E-state index is 0.146. The maximum absolute atomic E-state index is 5.93. The second kappa shape index (κ2) is 8.39. The summed E-state index contributed by atoms with van der Waals surface area (Å²) in [6.45, 7) is 6.43. The molecule has 1 aliphatic rings. The van der Waals surface area contributed by atoms with Crippen molar-refractivity contribution in [2.45, 2.75) is 32.6 Å². The first kappa shape index (κ1) is 20.3. The Morgan fingerprint density at radius 3 is 2.17 bits per heavy atom. The molecule has 8 nitrogen and oxygen atoms in total. The first-order valence-corrected chi connectivity index (χ1v) is 10.3. The van der Waals surface area contributed by atoms with Gasteiger partial charge in [0.25, 0.3) is 0 Å². The number of aromatic nitrogens is 4. The quantitative estimate of drug-likeness (QED) is 0.639. The molecule has 1 aliphatic heterocycles. The molecule has 0 N–H and O–H groups in total. The third kappa shape index (κ3) is 4.28. The van der Waals surface area contributed by atoms with Crippen LogP contribution < -0.4 is 14.7 Å². The first-order valence-electron chi connectivity index (χ1n) is 10.3. The van der Waals surface area contributed by atoms with E-state index in [0.717, 1.165) is 41.3 Å². The van der Waals surface area contributed by atoms with Crippen LogP contribution in [0.25, 0.3) is 11.0 Å². The van der Waals surface area contributed by atoms with Gasteiger partial charge in [-0.2, -0.15) is 0 Å². The summed E-state index contributed by atoms with van der Waals surface area (Å²) in [5.74, 6) is 2.44. The number of benzene rings is 1. The molecule has 1 saturated heterocycles. The lowest BCUT2D eigenvalue weighted by Crippen LogP contribution is -2.46. The van der Waals surface area contributed by atoms with Crippen LogP contribution in [0.15, 0.2) is 36.7 Å². The Balaban J connectivity index is 1.68. The van der Waals surface area contributed by atoms with E-state index < -0.39 is 0 Å². The fraction of sp³-hybridized carbons (Fsp3) is 0.455. The highest BCUT2D eigenvalue weighted by atomic mass is 16.5. The highest BCUT2D eigenvalue weighted by Gasteiger charge is 2.27. The maximum Gasteiger partial charge on any atom is 0.224 e.